The molecular weight excluding hydrogens is 305 g/mol. The maximum atomic E-state index is 6.11. The maximum Gasteiger partial charge on any atom is 0.160 e. The molecule has 0 fully saturated rings. The molecule has 0 spiro atoms. The number of nitrogen functional groups attached to an aromatic ring is 1. The van der Waals surface area contributed by atoms with Crippen LogP contribution in [0, 0.1) is 0 Å². The highest BCUT2D eigenvalue weighted by molar-refractivity contribution is 9.10. The predicted octanol–water partition coefficient (Wildman–Crippen LogP) is 3.47. The van der Waals surface area contributed by atoms with Gasteiger partial charge in [0.2, 0.25) is 0 Å². The van der Waals surface area contributed by atoms with Crippen molar-refractivity contribution in [1.82, 2.24) is 10.2 Å². The zero-order valence-corrected chi connectivity index (χ0v) is 11.5. The van der Waals surface area contributed by atoms with Crippen LogP contribution in [-0.2, 0) is 0 Å². The average molecular weight is 317 g/mol. The van der Waals surface area contributed by atoms with Crippen molar-refractivity contribution in [2.75, 3.05) is 12.3 Å². The molecule has 1 heterocycles. The Morgan fingerprint density at radius 2 is 2.29 bits per heavy atom. The van der Waals surface area contributed by atoms with E-state index < -0.39 is 0 Å². The molecule has 0 aliphatic rings. The molecule has 4 nitrogen and oxygen atoms in total. The Hall–Kier alpha value is -1.20. The maximum absolute atomic E-state index is 6.11. The van der Waals surface area contributed by atoms with Crippen LogP contribution in [0.4, 0.5) is 5.82 Å². The Bertz CT molecular complexity index is 542. The predicted molar refractivity (Wildman–Crippen MR) is 72.3 cm³/mol. The summed E-state index contributed by atoms with van der Waals surface area (Å²) in [6, 6.07) is 5.53. The summed E-state index contributed by atoms with van der Waals surface area (Å²) < 4.78 is 6.10. The number of nitrogens with zero attached hydrogens (tertiary/aromatic N) is 1. The number of rotatable bonds is 3. The van der Waals surface area contributed by atoms with Gasteiger partial charge in [0.25, 0.3) is 0 Å². The van der Waals surface area contributed by atoms with Gasteiger partial charge in [-0.2, -0.15) is 5.10 Å². The lowest BCUT2D eigenvalue weighted by Gasteiger charge is -2.07. The second-order valence-corrected chi connectivity index (χ2v) is 4.58. The molecule has 90 valence electrons. The lowest BCUT2D eigenvalue weighted by Crippen LogP contribution is -1.92. The first-order valence-corrected chi connectivity index (χ1v) is 6.22. The van der Waals surface area contributed by atoms with Crippen LogP contribution in [0.3, 0.4) is 0 Å². The molecule has 6 heteroatoms. The number of benzene rings is 1. The van der Waals surface area contributed by atoms with Crippen molar-refractivity contribution in [3.63, 3.8) is 0 Å². The summed E-state index contributed by atoms with van der Waals surface area (Å²) >= 11 is 9.48. The van der Waals surface area contributed by atoms with Gasteiger partial charge < -0.3 is 10.5 Å². The molecule has 0 aliphatic carbocycles. The third-order valence-corrected chi connectivity index (χ3v) is 3.35. The third kappa shape index (κ3) is 2.40. The monoisotopic (exact) mass is 315 g/mol. The number of anilines is 1. The number of ether oxygens (including phenoxy) is 1. The van der Waals surface area contributed by atoms with E-state index in [9.17, 15) is 0 Å². The molecular formula is C11H11BrClN3O. The molecule has 2 rings (SSSR count). The number of aromatic amines is 1. The van der Waals surface area contributed by atoms with Gasteiger partial charge in [-0.05, 0) is 41.1 Å². The van der Waals surface area contributed by atoms with E-state index in [-0.39, 0.29) is 0 Å². The Kier molecular flexibility index (Phi) is 3.59. The van der Waals surface area contributed by atoms with E-state index in [1.807, 2.05) is 25.1 Å². The molecule has 0 unspecified atom stereocenters. The van der Waals surface area contributed by atoms with Gasteiger partial charge >= 0.3 is 0 Å². The van der Waals surface area contributed by atoms with Crippen molar-refractivity contribution in [3.8, 4) is 17.0 Å². The first kappa shape index (κ1) is 12.3. The molecule has 2 aromatic rings. The van der Waals surface area contributed by atoms with Crippen molar-refractivity contribution in [2.24, 2.45) is 0 Å². The largest absolute Gasteiger partial charge is 0.492 e. The van der Waals surface area contributed by atoms with Crippen LogP contribution in [0.2, 0.25) is 5.02 Å². The lowest BCUT2D eigenvalue weighted by atomic mass is 10.1. The summed E-state index contributed by atoms with van der Waals surface area (Å²) in [5, 5.41) is 7.32. The van der Waals surface area contributed by atoms with E-state index in [1.165, 1.54) is 0 Å². The van der Waals surface area contributed by atoms with E-state index >= 15 is 0 Å². The first-order chi connectivity index (χ1) is 8.13. The Morgan fingerprint density at radius 1 is 1.53 bits per heavy atom. The van der Waals surface area contributed by atoms with Gasteiger partial charge in [0.1, 0.15) is 5.75 Å². The van der Waals surface area contributed by atoms with Crippen molar-refractivity contribution in [1.29, 1.82) is 0 Å². The number of hydrogen-bond donors (Lipinski definition) is 2. The molecule has 0 bridgehead atoms. The van der Waals surface area contributed by atoms with Crippen LogP contribution >= 0.6 is 27.5 Å². The second-order valence-electron chi connectivity index (χ2n) is 3.38. The smallest absolute Gasteiger partial charge is 0.160 e. The normalized spacial score (nSPS) is 10.5. The molecule has 0 aliphatic heterocycles. The van der Waals surface area contributed by atoms with Gasteiger partial charge in [-0.15, -0.1) is 0 Å². The summed E-state index contributed by atoms with van der Waals surface area (Å²) in [5.41, 5.74) is 7.34. The van der Waals surface area contributed by atoms with E-state index in [1.54, 1.807) is 0 Å². The van der Waals surface area contributed by atoms with Crippen molar-refractivity contribution in [2.45, 2.75) is 6.92 Å². The van der Waals surface area contributed by atoms with Crippen molar-refractivity contribution < 1.29 is 4.74 Å². The van der Waals surface area contributed by atoms with Crippen LogP contribution in [0.15, 0.2) is 22.7 Å². The highest BCUT2D eigenvalue weighted by Crippen LogP contribution is 2.34. The zero-order valence-electron chi connectivity index (χ0n) is 9.13. The molecule has 1 aromatic carbocycles. The standard InChI is InChI=1S/C11H11BrClN3O/c1-2-17-8-4-3-6(5-7(8)13)10-9(12)11(14)16-15-10/h3-5H,2H2,1H3,(H3,14,15,16). The number of H-pyrrole nitrogens is 1. The quantitative estimate of drug-likeness (QED) is 0.911. The van der Waals surface area contributed by atoms with Crippen LogP contribution in [-0.4, -0.2) is 16.8 Å². The molecule has 3 N–H and O–H groups in total. The second kappa shape index (κ2) is 4.98. The van der Waals surface area contributed by atoms with Crippen LogP contribution in [0.25, 0.3) is 11.3 Å². The number of hydrogen-bond acceptors (Lipinski definition) is 3. The third-order valence-electron chi connectivity index (χ3n) is 2.25. The molecule has 17 heavy (non-hydrogen) atoms. The molecule has 0 radical (unpaired) electrons. The Balaban J connectivity index is 2.41. The SMILES string of the molecule is CCOc1ccc(-c2[nH]nc(N)c2Br)cc1Cl. The Morgan fingerprint density at radius 3 is 2.82 bits per heavy atom. The number of aromatic nitrogens is 2. The molecule has 0 amide bonds. The summed E-state index contributed by atoms with van der Waals surface area (Å²) in [5.74, 6) is 1.09. The summed E-state index contributed by atoms with van der Waals surface area (Å²) in [6.07, 6.45) is 0. The average Bonchev–Trinajstić information content (AvgIpc) is 2.63. The van der Waals surface area contributed by atoms with Gasteiger partial charge in [0.15, 0.2) is 5.82 Å². The fraction of sp³-hybridized carbons (Fsp3) is 0.182. The number of nitrogens with two attached hydrogens (primary N) is 1. The lowest BCUT2D eigenvalue weighted by molar-refractivity contribution is 0.340. The fourth-order valence-corrected chi connectivity index (χ4v) is 2.10. The van der Waals surface area contributed by atoms with Gasteiger partial charge in [-0.3, -0.25) is 5.10 Å². The number of nitrogens with one attached hydrogen (secondary N) is 1. The van der Waals surface area contributed by atoms with Gasteiger partial charge in [-0.25, -0.2) is 0 Å². The minimum atomic E-state index is 0.421. The fourth-order valence-electron chi connectivity index (χ4n) is 1.46. The van der Waals surface area contributed by atoms with Gasteiger partial charge in [0, 0.05) is 5.56 Å². The highest BCUT2D eigenvalue weighted by atomic mass is 79.9. The molecule has 1 aromatic heterocycles. The van der Waals surface area contributed by atoms with Gasteiger partial charge in [-0.1, -0.05) is 11.6 Å². The molecule has 0 saturated carbocycles. The number of halogens is 2. The highest BCUT2D eigenvalue weighted by Gasteiger charge is 2.11. The van der Waals surface area contributed by atoms with E-state index in [0.29, 0.717) is 23.2 Å². The summed E-state index contributed by atoms with van der Waals surface area (Å²) in [7, 11) is 0. The molecule has 0 saturated heterocycles. The van der Waals surface area contributed by atoms with Crippen molar-refractivity contribution >= 4 is 33.3 Å². The van der Waals surface area contributed by atoms with E-state index in [4.69, 9.17) is 22.1 Å². The van der Waals surface area contributed by atoms with Crippen molar-refractivity contribution in [3.05, 3.63) is 27.7 Å². The Labute approximate surface area is 112 Å². The first-order valence-electron chi connectivity index (χ1n) is 5.05. The minimum absolute atomic E-state index is 0.421. The van der Waals surface area contributed by atoms with E-state index in [0.717, 1.165) is 15.7 Å². The topological polar surface area (TPSA) is 63.9 Å². The molecule has 0 atom stereocenters. The summed E-state index contributed by atoms with van der Waals surface area (Å²) in [4.78, 5) is 0. The minimum Gasteiger partial charge on any atom is -0.492 e. The van der Waals surface area contributed by atoms with Crippen LogP contribution < -0.4 is 10.5 Å². The summed E-state index contributed by atoms with van der Waals surface area (Å²) in [6.45, 7) is 2.50. The van der Waals surface area contributed by atoms with Crippen LogP contribution in [0.1, 0.15) is 6.92 Å². The van der Waals surface area contributed by atoms with Gasteiger partial charge in [0.05, 0.1) is 21.8 Å². The van der Waals surface area contributed by atoms with E-state index in [2.05, 4.69) is 26.1 Å². The zero-order chi connectivity index (χ0) is 12.4. The van der Waals surface area contributed by atoms with Crippen LogP contribution in [0.5, 0.6) is 5.75 Å².